The second kappa shape index (κ2) is 6.51. The van der Waals surface area contributed by atoms with Crippen molar-refractivity contribution in [2.45, 2.75) is 26.9 Å². The van der Waals surface area contributed by atoms with Crippen LogP contribution in [0.15, 0.2) is 18.2 Å². The van der Waals surface area contributed by atoms with E-state index < -0.39 is 12.1 Å². The minimum atomic E-state index is -1.05. The van der Waals surface area contributed by atoms with Crippen molar-refractivity contribution in [2.75, 3.05) is 11.9 Å². The Morgan fingerprint density at radius 2 is 2.23 bits per heavy atom. The molecule has 1 heterocycles. The van der Waals surface area contributed by atoms with E-state index in [4.69, 9.17) is 14.6 Å². The van der Waals surface area contributed by atoms with Crippen LogP contribution in [0.4, 0.5) is 5.69 Å². The van der Waals surface area contributed by atoms with Gasteiger partial charge in [0.05, 0.1) is 12.3 Å². The van der Waals surface area contributed by atoms with E-state index in [-0.39, 0.29) is 11.8 Å². The van der Waals surface area contributed by atoms with Crippen molar-refractivity contribution in [3.63, 3.8) is 0 Å². The van der Waals surface area contributed by atoms with Gasteiger partial charge in [-0.15, -0.1) is 0 Å². The van der Waals surface area contributed by atoms with Gasteiger partial charge in [0, 0.05) is 6.08 Å². The molecule has 1 aliphatic rings. The maximum Gasteiger partial charge on any atom is 0.328 e. The van der Waals surface area contributed by atoms with Crippen LogP contribution in [0.5, 0.6) is 11.5 Å². The van der Waals surface area contributed by atoms with E-state index in [9.17, 15) is 9.59 Å². The molecule has 0 spiro atoms. The van der Waals surface area contributed by atoms with Crippen LogP contribution in [0, 0.1) is 5.92 Å². The van der Waals surface area contributed by atoms with Crippen molar-refractivity contribution < 1.29 is 24.2 Å². The molecule has 0 saturated carbocycles. The van der Waals surface area contributed by atoms with Crippen LogP contribution < -0.4 is 14.8 Å². The number of fused-ring (bicyclic) bond motifs is 1. The summed E-state index contributed by atoms with van der Waals surface area (Å²) < 4.78 is 11.3. The van der Waals surface area contributed by atoms with Gasteiger partial charge in [-0.3, -0.25) is 4.79 Å². The molecule has 1 unspecified atom stereocenters. The number of hydrogen-bond donors (Lipinski definition) is 2. The molecule has 1 aromatic carbocycles. The fourth-order valence-electron chi connectivity index (χ4n) is 2.19. The lowest BCUT2D eigenvalue weighted by molar-refractivity contribution is -0.131. The zero-order chi connectivity index (χ0) is 16.3. The van der Waals surface area contributed by atoms with Gasteiger partial charge in [-0.25, -0.2) is 4.79 Å². The summed E-state index contributed by atoms with van der Waals surface area (Å²) in [6, 6.07) is 3.35. The summed E-state index contributed by atoms with van der Waals surface area (Å²) in [4.78, 5) is 22.7. The van der Waals surface area contributed by atoms with Crippen molar-refractivity contribution in [3.05, 3.63) is 23.8 Å². The van der Waals surface area contributed by atoms with E-state index in [0.717, 1.165) is 6.08 Å². The predicted octanol–water partition coefficient (Wildman–Crippen LogP) is 2.54. The highest BCUT2D eigenvalue weighted by molar-refractivity contribution is 5.99. The van der Waals surface area contributed by atoms with E-state index in [1.54, 1.807) is 12.1 Å². The Hall–Kier alpha value is -2.50. The second-order valence-corrected chi connectivity index (χ2v) is 5.27. The van der Waals surface area contributed by atoms with Crippen LogP contribution in [0.25, 0.3) is 6.08 Å². The number of hydrogen-bond acceptors (Lipinski definition) is 4. The molecule has 0 saturated heterocycles. The fourth-order valence-corrected chi connectivity index (χ4v) is 2.19. The summed E-state index contributed by atoms with van der Waals surface area (Å²) in [6.45, 7) is 6.08. The first-order valence-corrected chi connectivity index (χ1v) is 7.11. The molecular weight excluding hydrogens is 286 g/mol. The van der Waals surface area contributed by atoms with E-state index in [2.05, 4.69) is 5.32 Å². The van der Waals surface area contributed by atoms with Gasteiger partial charge < -0.3 is 19.9 Å². The summed E-state index contributed by atoms with van der Waals surface area (Å²) in [5.74, 6) is -0.280. The molecule has 2 rings (SSSR count). The molecule has 0 aromatic heterocycles. The van der Waals surface area contributed by atoms with Crippen LogP contribution >= 0.6 is 0 Å². The zero-order valence-corrected chi connectivity index (χ0v) is 12.8. The molecule has 1 aromatic rings. The van der Waals surface area contributed by atoms with Crippen LogP contribution in [-0.2, 0) is 9.59 Å². The molecule has 0 radical (unpaired) electrons. The van der Waals surface area contributed by atoms with Gasteiger partial charge in [-0.05, 0) is 36.6 Å². The maximum atomic E-state index is 12.1. The quantitative estimate of drug-likeness (QED) is 0.817. The first-order valence-electron chi connectivity index (χ1n) is 7.11. The fraction of sp³-hybridized carbons (Fsp3) is 0.375. The molecule has 1 aliphatic heterocycles. The van der Waals surface area contributed by atoms with Gasteiger partial charge in [0.25, 0.3) is 5.91 Å². The number of amides is 1. The van der Waals surface area contributed by atoms with E-state index in [1.807, 2.05) is 20.8 Å². The second-order valence-electron chi connectivity index (χ2n) is 5.27. The molecule has 1 amide bonds. The third kappa shape index (κ3) is 3.39. The molecule has 0 aliphatic carbocycles. The normalized spacial score (nSPS) is 17.1. The lowest BCUT2D eigenvalue weighted by Gasteiger charge is -2.29. The molecule has 6 heteroatoms. The molecule has 2 N–H and O–H groups in total. The SMILES string of the molecule is CCOc1cc(/C=C/C(=O)O)cc2c1OC(C(C)C)C(=O)N2. The Bertz CT molecular complexity index is 621. The summed E-state index contributed by atoms with van der Waals surface area (Å²) >= 11 is 0. The smallest absolute Gasteiger partial charge is 0.328 e. The van der Waals surface area contributed by atoms with Gasteiger partial charge in [-0.2, -0.15) is 0 Å². The number of rotatable bonds is 5. The Morgan fingerprint density at radius 3 is 2.82 bits per heavy atom. The number of carbonyl (C=O) groups excluding carboxylic acids is 1. The summed E-state index contributed by atoms with van der Waals surface area (Å²) in [7, 11) is 0. The van der Waals surface area contributed by atoms with Crippen molar-refractivity contribution in [1.82, 2.24) is 0 Å². The number of nitrogens with one attached hydrogen (secondary N) is 1. The summed E-state index contributed by atoms with van der Waals surface area (Å²) in [5.41, 5.74) is 1.09. The standard InChI is InChI=1S/C16H19NO5/c1-4-21-12-8-10(5-6-13(18)19)7-11-15(12)22-14(9(2)3)16(20)17-11/h5-9,14H,4H2,1-3H3,(H,17,20)(H,18,19)/b6-5+. The van der Waals surface area contributed by atoms with Gasteiger partial charge in [0.1, 0.15) is 0 Å². The van der Waals surface area contributed by atoms with Crippen molar-refractivity contribution in [2.24, 2.45) is 5.92 Å². The topological polar surface area (TPSA) is 84.9 Å². The van der Waals surface area contributed by atoms with Crippen LogP contribution in [0.2, 0.25) is 0 Å². The number of carbonyl (C=O) groups is 2. The van der Waals surface area contributed by atoms with E-state index >= 15 is 0 Å². The maximum absolute atomic E-state index is 12.1. The molecule has 1 atom stereocenters. The van der Waals surface area contributed by atoms with E-state index in [0.29, 0.717) is 29.4 Å². The van der Waals surface area contributed by atoms with E-state index in [1.165, 1.54) is 6.08 Å². The molecule has 118 valence electrons. The molecular formula is C16H19NO5. The largest absolute Gasteiger partial charge is 0.490 e. The van der Waals surface area contributed by atoms with Gasteiger partial charge >= 0.3 is 5.97 Å². The average Bonchev–Trinajstić information content (AvgIpc) is 2.44. The highest BCUT2D eigenvalue weighted by atomic mass is 16.5. The molecule has 0 fully saturated rings. The molecule has 0 bridgehead atoms. The summed E-state index contributed by atoms with van der Waals surface area (Å²) in [5, 5.41) is 11.5. The third-order valence-corrected chi connectivity index (χ3v) is 3.16. The number of carboxylic acid groups (broad SMARTS) is 1. The lowest BCUT2D eigenvalue weighted by Crippen LogP contribution is -2.40. The number of benzene rings is 1. The Labute approximate surface area is 128 Å². The monoisotopic (exact) mass is 305 g/mol. The first kappa shape index (κ1) is 15.9. The van der Waals surface area contributed by atoms with Crippen LogP contribution in [0.3, 0.4) is 0 Å². The number of aliphatic carboxylic acids is 1. The number of carboxylic acids is 1. The third-order valence-electron chi connectivity index (χ3n) is 3.16. The highest BCUT2D eigenvalue weighted by Gasteiger charge is 2.32. The minimum absolute atomic E-state index is 0.0224. The van der Waals surface area contributed by atoms with Crippen LogP contribution in [-0.4, -0.2) is 29.7 Å². The Morgan fingerprint density at radius 1 is 1.50 bits per heavy atom. The van der Waals surface area contributed by atoms with Gasteiger partial charge in [0.15, 0.2) is 17.6 Å². The number of ether oxygens (including phenoxy) is 2. The lowest BCUT2D eigenvalue weighted by atomic mass is 10.0. The molecule has 22 heavy (non-hydrogen) atoms. The average molecular weight is 305 g/mol. The van der Waals surface area contributed by atoms with Gasteiger partial charge in [-0.1, -0.05) is 13.8 Å². The van der Waals surface area contributed by atoms with Crippen LogP contribution in [0.1, 0.15) is 26.3 Å². The predicted molar refractivity (Wildman–Crippen MR) is 82.2 cm³/mol. The number of anilines is 1. The first-order chi connectivity index (χ1) is 10.4. The minimum Gasteiger partial charge on any atom is -0.490 e. The van der Waals surface area contributed by atoms with Crippen molar-refractivity contribution >= 4 is 23.6 Å². The Kier molecular flexibility index (Phi) is 4.70. The van der Waals surface area contributed by atoms with Crippen molar-refractivity contribution in [1.29, 1.82) is 0 Å². The summed E-state index contributed by atoms with van der Waals surface area (Å²) in [6.07, 6.45) is 1.89. The van der Waals surface area contributed by atoms with Gasteiger partial charge in [0.2, 0.25) is 0 Å². The molecule has 6 nitrogen and oxygen atoms in total. The highest BCUT2D eigenvalue weighted by Crippen LogP contribution is 2.41. The van der Waals surface area contributed by atoms with Crippen molar-refractivity contribution in [3.8, 4) is 11.5 Å². The zero-order valence-electron chi connectivity index (χ0n) is 12.8. The Balaban J connectivity index is 2.44.